The molecule has 0 aromatic carbocycles. The van der Waals surface area contributed by atoms with Gasteiger partial charge >= 0.3 is 0 Å². The van der Waals surface area contributed by atoms with E-state index in [0.29, 0.717) is 0 Å². The summed E-state index contributed by atoms with van der Waals surface area (Å²) in [5, 5.41) is 0. The fraction of sp³-hybridized carbons (Fsp3) is 1.00. The minimum atomic E-state index is 0.819. The van der Waals surface area contributed by atoms with E-state index in [-0.39, 0.29) is 0 Å². The summed E-state index contributed by atoms with van der Waals surface area (Å²) < 4.78 is 4.54. The minimum absolute atomic E-state index is 0.819. The topological polar surface area (TPSA) is 12.5 Å². The Morgan fingerprint density at radius 2 is 1.71 bits per heavy atom. The van der Waals surface area contributed by atoms with Crippen LogP contribution in [-0.4, -0.2) is 38.8 Å². The van der Waals surface area contributed by atoms with Crippen molar-refractivity contribution in [2.24, 2.45) is 5.92 Å². The first-order valence-electron chi connectivity index (χ1n) is 5.79. The van der Waals surface area contributed by atoms with Gasteiger partial charge in [-0.15, -0.1) is 0 Å². The van der Waals surface area contributed by atoms with Gasteiger partial charge in [-0.05, 0) is 39.4 Å². The van der Waals surface area contributed by atoms with Crippen LogP contribution in [0.3, 0.4) is 0 Å². The van der Waals surface area contributed by atoms with Gasteiger partial charge in [0.2, 0.25) is 0 Å². The molecule has 0 heterocycles. The molecule has 0 saturated heterocycles. The van der Waals surface area contributed by atoms with Gasteiger partial charge in [-0.25, -0.2) is 0 Å². The lowest BCUT2D eigenvalue weighted by Crippen LogP contribution is -2.20. The molecule has 0 aromatic rings. The van der Waals surface area contributed by atoms with Crippen LogP contribution < -0.4 is 0 Å². The van der Waals surface area contributed by atoms with Gasteiger partial charge in [0.1, 0.15) is 0 Å². The molecule has 0 bridgehead atoms. The van der Waals surface area contributed by atoms with Crippen molar-refractivity contribution in [1.29, 1.82) is 0 Å². The third-order valence-corrected chi connectivity index (χ3v) is 2.53. The second-order valence-corrected chi connectivity index (χ2v) is 3.78. The maximum Gasteiger partial charge on any atom is 0.0433 e. The van der Waals surface area contributed by atoms with E-state index in [1.54, 1.807) is 7.11 Å². The standard InChI is InChI=1S/C9H21N.C3H8O/c1-5-9(3)7-8-10(4)6-2;1-3-4-2/h9H,5-8H2,1-4H3;3H2,1-2H3. The fourth-order valence-electron chi connectivity index (χ4n) is 0.803. The first-order chi connectivity index (χ1) is 6.62. The minimum Gasteiger partial charge on any atom is -0.385 e. The van der Waals surface area contributed by atoms with E-state index >= 15 is 0 Å². The van der Waals surface area contributed by atoms with Gasteiger partial charge in [0.25, 0.3) is 0 Å². The highest BCUT2D eigenvalue weighted by Gasteiger charge is 1.99. The molecule has 2 heteroatoms. The third kappa shape index (κ3) is 14.4. The highest BCUT2D eigenvalue weighted by Crippen LogP contribution is 2.06. The predicted molar refractivity (Wildman–Crippen MR) is 64.8 cm³/mol. The molecule has 0 saturated carbocycles. The van der Waals surface area contributed by atoms with Gasteiger partial charge in [0.05, 0.1) is 0 Å². The second kappa shape index (κ2) is 12.9. The smallest absolute Gasteiger partial charge is 0.0433 e. The number of methoxy groups -OCH3 is 1. The Morgan fingerprint density at radius 1 is 1.21 bits per heavy atom. The summed E-state index contributed by atoms with van der Waals surface area (Å²) in [7, 11) is 3.86. The number of hydrogen-bond donors (Lipinski definition) is 0. The lowest BCUT2D eigenvalue weighted by atomic mass is 10.1. The number of nitrogens with zero attached hydrogens (tertiary/aromatic N) is 1. The van der Waals surface area contributed by atoms with Crippen LogP contribution in [0.2, 0.25) is 0 Å². The zero-order valence-electron chi connectivity index (χ0n) is 11.0. The number of rotatable bonds is 6. The molecule has 14 heavy (non-hydrogen) atoms. The first kappa shape index (κ1) is 16.4. The van der Waals surface area contributed by atoms with E-state index in [2.05, 4.69) is 37.5 Å². The highest BCUT2D eigenvalue weighted by atomic mass is 16.5. The van der Waals surface area contributed by atoms with Gasteiger partial charge in [-0.1, -0.05) is 27.2 Å². The Kier molecular flexibility index (Phi) is 15.1. The molecule has 0 rings (SSSR count). The van der Waals surface area contributed by atoms with Crippen LogP contribution in [0.1, 0.15) is 40.5 Å². The van der Waals surface area contributed by atoms with Crippen LogP contribution in [0.5, 0.6) is 0 Å². The lowest BCUT2D eigenvalue weighted by Gasteiger charge is -2.15. The van der Waals surface area contributed by atoms with E-state index in [1.807, 2.05) is 6.92 Å². The molecule has 0 aliphatic heterocycles. The monoisotopic (exact) mass is 203 g/mol. The van der Waals surface area contributed by atoms with Gasteiger partial charge in [0.15, 0.2) is 0 Å². The van der Waals surface area contributed by atoms with Crippen molar-refractivity contribution in [3.8, 4) is 0 Å². The average molecular weight is 203 g/mol. The van der Waals surface area contributed by atoms with E-state index in [9.17, 15) is 0 Å². The summed E-state index contributed by atoms with van der Waals surface area (Å²) in [5.41, 5.74) is 0. The van der Waals surface area contributed by atoms with Gasteiger partial charge in [0, 0.05) is 13.7 Å². The summed E-state index contributed by atoms with van der Waals surface area (Å²) >= 11 is 0. The molecule has 0 radical (unpaired) electrons. The van der Waals surface area contributed by atoms with Gasteiger partial charge < -0.3 is 9.64 Å². The SMILES string of the molecule is CCC(C)CCN(C)CC.CCOC. The summed E-state index contributed by atoms with van der Waals surface area (Å²) in [6, 6.07) is 0. The first-order valence-corrected chi connectivity index (χ1v) is 5.79. The molecular weight excluding hydrogens is 174 g/mol. The third-order valence-electron chi connectivity index (χ3n) is 2.53. The van der Waals surface area contributed by atoms with Crippen LogP contribution in [0.25, 0.3) is 0 Å². The van der Waals surface area contributed by atoms with Crippen LogP contribution >= 0.6 is 0 Å². The molecule has 0 spiro atoms. The largest absolute Gasteiger partial charge is 0.385 e. The molecule has 0 aliphatic carbocycles. The van der Waals surface area contributed by atoms with E-state index in [1.165, 1.54) is 25.9 Å². The Bertz CT molecular complexity index is 84.3. The van der Waals surface area contributed by atoms with Gasteiger partial charge in [-0.2, -0.15) is 0 Å². The van der Waals surface area contributed by atoms with E-state index in [0.717, 1.165) is 12.5 Å². The van der Waals surface area contributed by atoms with Crippen molar-refractivity contribution in [1.82, 2.24) is 4.90 Å². The molecule has 0 aromatic heterocycles. The summed E-state index contributed by atoms with van der Waals surface area (Å²) in [5.74, 6) is 0.897. The average Bonchev–Trinajstić information content (AvgIpc) is 2.25. The maximum absolute atomic E-state index is 4.54. The predicted octanol–water partition coefficient (Wildman–Crippen LogP) is 3.03. The second-order valence-electron chi connectivity index (χ2n) is 3.78. The van der Waals surface area contributed by atoms with E-state index in [4.69, 9.17) is 0 Å². The van der Waals surface area contributed by atoms with Crippen molar-refractivity contribution in [3.63, 3.8) is 0 Å². The van der Waals surface area contributed by atoms with Crippen molar-refractivity contribution >= 4 is 0 Å². The Balaban J connectivity index is 0. The zero-order valence-corrected chi connectivity index (χ0v) is 11.0. The number of ether oxygens (including phenoxy) is 1. The molecular formula is C12H29NO. The number of hydrogen-bond acceptors (Lipinski definition) is 2. The van der Waals surface area contributed by atoms with Crippen LogP contribution in [0, 0.1) is 5.92 Å². The van der Waals surface area contributed by atoms with Crippen molar-refractivity contribution < 1.29 is 4.74 Å². The summed E-state index contributed by atoms with van der Waals surface area (Å²) in [4.78, 5) is 2.37. The zero-order chi connectivity index (χ0) is 11.4. The summed E-state index contributed by atoms with van der Waals surface area (Å²) in [6.45, 7) is 12.0. The quantitative estimate of drug-likeness (QED) is 0.658. The Labute approximate surface area is 90.6 Å². The van der Waals surface area contributed by atoms with Crippen LogP contribution in [0.15, 0.2) is 0 Å². The molecule has 88 valence electrons. The normalized spacial score (nSPS) is 12.2. The maximum atomic E-state index is 4.54. The highest BCUT2D eigenvalue weighted by molar-refractivity contribution is 4.53. The van der Waals surface area contributed by atoms with Crippen molar-refractivity contribution in [2.75, 3.05) is 33.9 Å². The molecule has 0 amide bonds. The van der Waals surface area contributed by atoms with Crippen LogP contribution in [-0.2, 0) is 4.74 Å². The molecule has 1 atom stereocenters. The molecule has 0 N–H and O–H groups in total. The molecule has 0 fully saturated rings. The molecule has 2 nitrogen and oxygen atoms in total. The van der Waals surface area contributed by atoms with E-state index < -0.39 is 0 Å². The molecule has 1 unspecified atom stereocenters. The van der Waals surface area contributed by atoms with Gasteiger partial charge in [-0.3, -0.25) is 0 Å². The lowest BCUT2D eigenvalue weighted by molar-refractivity contribution is 0.215. The fourth-order valence-corrected chi connectivity index (χ4v) is 0.803. The Morgan fingerprint density at radius 3 is 2.00 bits per heavy atom. The molecule has 0 aliphatic rings. The Hall–Kier alpha value is -0.0800. The van der Waals surface area contributed by atoms with Crippen molar-refractivity contribution in [3.05, 3.63) is 0 Å². The van der Waals surface area contributed by atoms with Crippen LogP contribution in [0.4, 0.5) is 0 Å². The van der Waals surface area contributed by atoms with Crippen molar-refractivity contribution in [2.45, 2.75) is 40.5 Å². The summed E-state index contributed by atoms with van der Waals surface area (Å²) in [6.07, 6.45) is 2.67.